The third-order valence-corrected chi connectivity index (χ3v) is 3.34. The summed E-state index contributed by atoms with van der Waals surface area (Å²) in [7, 11) is 0. The minimum Gasteiger partial charge on any atom is -0.368 e. The number of aromatic nitrogens is 2. The van der Waals surface area contributed by atoms with E-state index in [0.717, 1.165) is 12.2 Å². The number of nitrogens with zero attached hydrogens (tertiary/aromatic N) is 2. The van der Waals surface area contributed by atoms with Crippen LogP contribution in [0.3, 0.4) is 0 Å². The maximum absolute atomic E-state index is 13.5. The zero-order chi connectivity index (χ0) is 17.5. The fraction of sp³-hybridized carbons (Fsp3) is 0.353. The molecule has 1 amide bonds. The van der Waals surface area contributed by atoms with Crippen LogP contribution in [0, 0.1) is 19.7 Å². The van der Waals surface area contributed by atoms with E-state index in [-0.39, 0.29) is 11.7 Å². The summed E-state index contributed by atoms with van der Waals surface area (Å²) in [5.41, 5.74) is 1.68. The van der Waals surface area contributed by atoms with Gasteiger partial charge in [-0.15, -0.1) is 0 Å². The van der Waals surface area contributed by atoms with Crippen molar-refractivity contribution in [3.8, 4) is 0 Å². The molecular formula is C17H22FN5O. The summed E-state index contributed by atoms with van der Waals surface area (Å²) in [4.78, 5) is 20.6. The van der Waals surface area contributed by atoms with Crippen molar-refractivity contribution in [2.45, 2.75) is 20.8 Å². The van der Waals surface area contributed by atoms with Crippen LogP contribution in [-0.2, 0) is 0 Å². The number of carbonyl (C=O) groups excluding carboxylic acids is 1. The molecule has 6 nitrogen and oxygen atoms in total. The van der Waals surface area contributed by atoms with Gasteiger partial charge in [-0.3, -0.25) is 4.79 Å². The Morgan fingerprint density at radius 3 is 2.62 bits per heavy atom. The van der Waals surface area contributed by atoms with E-state index in [1.165, 1.54) is 6.07 Å². The van der Waals surface area contributed by atoms with Crippen LogP contribution in [0.15, 0.2) is 24.3 Å². The molecule has 0 aliphatic rings. The Labute approximate surface area is 140 Å². The second-order valence-corrected chi connectivity index (χ2v) is 5.40. The first-order chi connectivity index (χ1) is 11.5. The predicted octanol–water partition coefficient (Wildman–Crippen LogP) is 2.51. The number of hydrogen-bond acceptors (Lipinski definition) is 5. The highest BCUT2D eigenvalue weighted by atomic mass is 19.1. The molecule has 1 aromatic carbocycles. The summed E-state index contributed by atoms with van der Waals surface area (Å²) in [6.45, 7) is 7.16. The standard InChI is InChI=1S/C17H22FN5O/c1-4-19-17-22-12(3)9-15(23-17)20-7-8-21-16(24)13-6-5-11(2)14(18)10-13/h5-6,9-10H,4,7-8H2,1-3H3,(H,21,24)(H2,19,20,22,23). The third kappa shape index (κ3) is 4.91. The molecule has 7 heteroatoms. The van der Waals surface area contributed by atoms with Crippen molar-refractivity contribution < 1.29 is 9.18 Å². The smallest absolute Gasteiger partial charge is 0.251 e. The molecule has 2 rings (SSSR count). The van der Waals surface area contributed by atoms with E-state index in [4.69, 9.17) is 0 Å². The summed E-state index contributed by atoms with van der Waals surface area (Å²) in [5.74, 6) is 0.573. The van der Waals surface area contributed by atoms with Crippen LogP contribution in [0.2, 0.25) is 0 Å². The molecule has 24 heavy (non-hydrogen) atoms. The van der Waals surface area contributed by atoms with Crippen LogP contribution in [-0.4, -0.2) is 35.5 Å². The number of hydrogen-bond donors (Lipinski definition) is 3. The monoisotopic (exact) mass is 331 g/mol. The number of anilines is 2. The summed E-state index contributed by atoms with van der Waals surface area (Å²) < 4.78 is 13.5. The third-order valence-electron chi connectivity index (χ3n) is 3.34. The number of nitrogens with one attached hydrogen (secondary N) is 3. The van der Waals surface area contributed by atoms with Crippen molar-refractivity contribution in [3.63, 3.8) is 0 Å². The Bertz CT molecular complexity index is 720. The van der Waals surface area contributed by atoms with Gasteiger partial charge in [0.15, 0.2) is 0 Å². The van der Waals surface area contributed by atoms with Crippen molar-refractivity contribution in [1.82, 2.24) is 15.3 Å². The van der Waals surface area contributed by atoms with E-state index in [1.807, 2.05) is 19.9 Å². The van der Waals surface area contributed by atoms with Gasteiger partial charge < -0.3 is 16.0 Å². The Hall–Kier alpha value is -2.70. The van der Waals surface area contributed by atoms with Gasteiger partial charge in [0.25, 0.3) is 5.91 Å². The predicted molar refractivity (Wildman–Crippen MR) is 92.9 cm³/mol. The normalized spacial score (nSPS) is 10.3. The minimum atomic E-state index is -0.381. The maximum Gasteiger partial charge on any atom is 0.251 e. The number of aryl methyl sites for hydroxylation is 2. The number of carbonyl (C=O) groups is 1. The van der Waals surface area contributed by atoms with E-state index in [2.05, 4.69) is 25.9 Å². The number of amides is 1. The van der Waals surface area contributed by atoms with Gasteiger partial charge in [-0.2, -0.15) is 4.98 Å². The van der Waals surface area contributed by atoms with Gasteiger partial charge in [-0.05, 0) is 38.5 Å². The Kier molecular flexibility index (Phi) is 6.06. The quantitative estimate of drug-likeness (QED) is 0.680. The first-order valence-corrected chi connectivity index (χ1v) is 7.87. The van der Waals surface area contributed by atoms with E-state index < -0.39 is 0 Å². The molecule has 1 aromatic heterocycles. The Morgan fingerprint density at radius 2 is 1.92 bits per heavy atom. The molecule has 0 unspecified atom stereocenters. The molecule has 0 spiro atoms. The van der Waals surface area contributed by atoms with Crippen LogP contribution in [0.5, 0.6) is 0 Å². The highest BCUT2D eigenvalue weighted by Crippen LogP contribution is 2.10. The average molecular weight is 331 g/mol. The first kappa shape index (κ1) is 17.7. The molecule has 1 heterocycles. The Morgan fingerprint density at radius 1 is 1.12 bits per heavy atom. The van der Waals surface area contributed by atoms with Crippen molar-refractivity contribution in [3.05, 3.63) is 46.9 Å². The fourth-order valence-electron chi connectivity index (χ4n) is 2.10. The molecule has 0 bridgehead atoms. The summed E-state index contributed by atoms with van der Waals surface area (Å²) >= 11 is 0. The minimum absolute atomic E-state index is 0.303. The number of benzene rings is 1. The summed E-state index contributed by atoms with van der Waals surface area (Å²) in [6, 6.07) is 6.28. The second-order valence-electron chi connectivity index (χ2n) is 5.40. The fourth-order valence-corrected chi connectivity index (χ4v) is 2.10. The van der Waals surface area contributed by atoms with Crippen molar-refractivity contribution >= 4 is 17.7 Å². The van der Waals surface area contributed by atoms with Crippen LogP contribution in [0.25, 0.3) is 0 Å². The van der Waals surface area contributed by atoms with E-state index in [9.17, 15) is 9.18 Å². The van der Waals surface area contributed by atoms with Crippen LogP contribution >= 0.6 is 0 Å². The first-order valence-electron chi connectivity index (χ1n) is 7.87. The molecule has 0 aliphatic heterocycles. The van der Waals surface area contributed by atoms with Crippen LogP contribution in [0.4, 0.5) is 16.2 Å². The number of halogens is 1. The zero-order valence-electron chi connectivity index (χ0n) is 14.1. The molecule has 2 aromatic rings. The van der Waals surface area contributed by atoms with E-state index in [1.54, 1.807) is 19.1 Å². The average Bonchev–Trinajstić information content (AvgIpc) is 2.54. The van der Waals surface area contributed by atoms with Crippen molar-refractivity contribution in [1.29, 1.82) is 0 Å². The lowest BCUT2D eigenvalue weighted by Crippen LogP contribution is -2.29. The maximum atomic E-state index is 13.5. The molecule has 0 radical (unpaired) electrons. The van der Waals surface area contributed by atoms with Crippen molar-refractivity contribution in [2.24, 2.45) is 0 Å². The van der Waals surface area contributed by atoms with Gasteiger partial charge in [0.1, 0.15) is 11.6 Å². The highest BCUT2D eigenvalue weighted by Gasteiger charge is 2.07. The highest BCUT2D eigenvalue weighted by molar-refractivity contribution is 5.94. The Balaban J connectivity index is 1.84. The number of rotatable bonds is 7. The van der Waals surface area contributed by atoms with Gasteiger partial charge in [0, 0.05) is 37.0 Å². The largest absolute Gasteiger partial charge is 0.368 e. The lowest BCUT2D eigenvalue weighted by Gasteiger charge is -2.10. The molecule has 0 saturated heterocycles. The lowest BCUT2D eigenvalue weighted by molar-refractivity contribution is 0.0954. The molecule has 128 valence electrons. The second kappa shape index (κ2) is 8.24. The van der Waals surface area contributed by atoms with Gasteiger partial charge in [0.2, 0.25) is 5.95 Å². The lowest BCUT2D eigenvalue weighted by atomic mass is 10.1. The topological polar surface area (TPSA) is 78.9 Å². The summed E-state index contributed by atoms with van der Waals surface area (Å²) in [6.07, 6.45) is 0. The molecule has 0 fully saturated rings. The van der Waals surface area contributed by atoms with Gasteiger partial charge in [-0.1, -0.05) is 6.07 Å². The molecule has 0 atom stereocenters. The van der Waals surface area contributed by atoms with Gasteiger partial charge in [-0.25, -0.2) is 9.37 Å². The van der Waals surface area contributed by atoms with Crippen molar-refractivity contribution in [2.75, 3.05) is 30.3 Å². The molecule has 0 aliphatic carbocycles. The van der Waals surface area contributed by atoms with Gasteiger partial charge in [0.05, 0.1) is 0 Å². The van der Waals surface area contributed by atoms with Gasteiger partial charge >= 0.3 is 0 Å². The SMILES string of the molecule is CCNc1nc(C)cc(NCCNC(=O)c2ccc(C)c(F)c2)n1. The van der Waals surface area contributed by atoms with E-state index >= 15 is 0 Å². The van der Waals surface area contributed by atoms with E-state index in [0.29, 0.717) is 36.0 Å². The molecular weight excluding hydrogens is 309 g/mol. The van der Waals surface area contributed by atoms with Crippen LogP contribution < -0.4 is 16.0 Å². The van der Waals surface area contributed by atoms with Crippen LogP contribution in [0.1, 0.15) is 28.5 Å². The zero-order valence-corrected chi connectivity index (χ0v) is 14.1. The summed E-state index contributed by atoms with van der Waals surface area (Å²) in [5, 5.41) is 8.94. The molecule has 3 N–H and O–H groups in total. The molecule has 0 saturated carbocycles.